The molecular formula is C39H29N. The average molecular weight is 512 g/mol. The minimum absolute atomic E-state index is 0.155. The third-order valence-electron chi connectivity index (χ3n) is 9.21. The maximum atomic E-state index is 4.59. The summed E-state index contributed by atoms with van der Waals surface area (Å²) in [5, 5.41) is 0. The van der Waals surface area contributed by atoms with Gasteiger partial charge in [0.05, 0.1) is 11.1 Å². The van der Waals surface area contributed by atoms with Gasteiger partial charge in [-0.25, -0.2) is 0 Å². The van der Waals surface area contributed by atoms with Gasteiger partial charge in [0, 0.05) is 17.2 Å². The van der Waals surface area contributed by atoms with Crippen LogP contribution in [0.3, 0.4) is 0 Å². The number of aromatic nitrogens is 1. The lowest BCUT2D eigenvalue weighted by atomic mass is 9.55. The molecule has 0 amide bonds. The summed E-state index contributed by atoms with van der Waals surface area (Å²) in [5.74, 6) is 0. The monoisotopic (exact) mass is 511 g/mol. The highest BCUT2D eigenvalue weighted by molar-refractivity contribution is 5.89. The van der Waals surface area contributed by atoms with Crippen LogP contribution in [0.25, 0.3) is 33.5 Å². The van der Waals surface area contributed by atoms with E-state index in [9.17, 15) is 0 Å². The second-order valence-corrected chi connectivity index (χ2v) is 11.6. The fraction of sp³-hybridized carbons (Fsp3) is 0.103. The minimum Gasteiger partial charge on any atom is -0.256 e. The molecule has 2 aliphatic carbocycles. The van der Waals surface area contributed by atoms with Gasteiger partial charge in [-0.05, 0) is 79.9 Å². The predicted molar refractivity (Wildman–Crippen MR) is 165 cm³/mol. The first kappa shape index (κ1) is 23.2. The number of benzene rings is 5. The molecule has 0 atom stereocenters. The van der Waals surface area contributed by atoms with Crippen LogP contribution >= 0.6 is 0 Å². The third-order valence-corrected chi connectivity index (χ3v) is 9.21. The fourth-order valence-corrected chi connectivity index (χ4v) is 7.42. The average Bonchev–Trinajstić information content (AvgIpc) is 3.32. The van der Waals surface area contributed by atoms with Crippen molar-refractivity contribution < 1.29 is 0 Å². The minimum atomic E-state index is -0.344. The lowest BCUT2D eigenvalue weighted by Crippen LogP contribution is -2.40. The van der Waals surface area contributed by atoms with Crippen LogP contribution < -0.4 is 0 Å². The van der Waals surface area contributed by atoms with Crippen LogP contribution in [-0.2, 0) is 10.8 Å². The van der Waals surface area contributed by atoms with E-state index in [0.29, 0.717) is 0 Å². The van der Waals surface area contributed by atoms with Crippen LogP contribution in [0.2, 0.25) is 0 Å². The van der Waals surface area contributed by atoms with E-state index in [0.717, 1.165) is 11.3 Å². The van der Waals surface area contributed by atoms with E-state index in [1.54, 1.807) is 0 Å². The fourth-order valence-electron chi connectivity index (χ4n) is 7.42. The molecule has 5 aromatic carbocycles. The zero-order valence-electron chi connectivity index (χ0n) is 22.7. The highest BCUT2D eigenvalue weighted by Gasteiger charge is 2.53. The maximum Gasteiger partial charge on any atom is 0.0719 e. The lowest BCUT2D eigenvalue weighted by Gasteiger charge is -2.46. The molecule has 1 heteroatoms. The summed E-state index contributed by atoms with van der Waals surface area (Å²) in [6, 6.07) is 49.2. The summed E-state index contributed by atoms with van der Waals surface area (Å²) in [4.78, 5) is 4.59. The van der Waals surface area contributed by atoms with Crippen molar-refractivity contribution in [2.45, 2.75) is 24.7 Å². The molecule has 0 unspecified atom stereocenters. The van der Waals surface area contributed by atoms with Crippen molar-refractivity contribution in [3.63, 3.8) is 0 Å². The summed E-state index contributed by atoms with van der Waals surface area (Å²) >= 11 is 0. The molecule has 1 heterocycles. The summed E-state index contributed by atoms with van der Waals surface area (Å²) in [5.41, 5.74) is 15.1. The quantitative estimate of drug-likeness (QED) is 0.225. The highest BCUT2D eigenvalue weighted by Crippen LogP contribution is 2.62. The molecule has 6 aromatic rings. The molecule has 0 aliphatic heterocycles. The summed E-state index contributed by atoms with van der Waals surface area (Å²) < 4.78 is 0. The van der Waals surface area contributed by atoms with Crippen molar-refractivity contribution in [1.82, 2.24) is 4.98 Å². The molecule has 0 saturated heterocycles. The van der Waals surface area contributed by atoms with Gasteiger partial charge >= 0.3 is 0 Å². The Kier molecular flexibility index (Phi) is 4.85. The van der Waals surface area contributed by atoms with Crippen LogP contribution in [0.1, 0.15) is 47.2 Å². The number of hydrogen-bond donors (Lipinski definition) is 0. The molecule has 0 saturated carbocycles. The first-order chi connectivity index (χ1) is 19.6. The molecule has 40 heavy (non-hydrogen) atoms. The molecule has 1 nitrogen and oxygen atoms in total. The Morgan fingerprint density at radius 1 is 0.425 bits per heavy atom. The first-order valence-electron chi connectivity index (χ1n) is 14.1. The molecule has 0 radical (unpaired) electrons. The van der Waals surface area contributed by atoms with Gasteiger partial charge in [-0.3, -0.25) is 4.98 Å². The van der Waals surface area contributed by atoms with Crippen molar-refractivity contribution in [3.8, 4) is 33.5 Å². The van der Waals surface area contributed by atoms with Crippen molar-refractivity contribution in [3.05, 3.63) is 173 Å². The predicted octanol–water partition coefficient (Wildman–Crippen LogP) is 9.42. The van der Waals surface area contributed by atoms with Gasteiger partial charge in [0.15, 0.2) is 0 Å². The molecular weight excluding hydrogens is 482 g/mol. The van der Waals surface area contributed by atoms with Crippen LogP contribution in [0.5, 0.6) is 0 Å². The van der Waals surface area contributed by atoms with Gasteiger partial charge in [-0.1, -0.05) is 123 Å². The van der Waals surface area contributed by atoms with Crippen molar-refractivity contribution in [2.24, 2.45) is 0 Å². The lowest BCUT2D eigenvalue weighted by molar-refractivity contribution is 0.563. The van der Waals surface area contributed by atoms with Crippen LogP contribution in [0.15, 0.2) is 140 Å². The van der Waals surface area contributed by atoms with Crippen molar-refractivity contribution in [1.29, 1.82) is 0 Å². The van der Waals surface area contributed by atoms with Crippen molar-refractivity contribution in [2.75, 3.05) is 0 Å². The van der Waals surface area contributed by atoms with Gasteiger partial charge in [0.2, 0.25) is 0 Å². The molecule has 0 fully saturated rings. The summed E-state index contributed by atoms with van der Waals surface area (Å²) in [6.45, 7) is 4.77. The summed E-state index contributed by atoms with van der Waals surface area (Å²) in [7, 11) is 0. The summed E-state index contributed by atoms with van der Waals surface area (Å²) in [6.07, 6.45) is 1.86. The van der Waals surface area contributed by atoms with E-state index < -0.39 is 0 Å². The highest BCUT2D eigenvalue weighted by atomic mass is 14.7. The van der Waals surface area contributed by atoms with Crippen LogP contribution in [-0.4, -0.2) is 4.98 Å². The molecule has 0 N–H and O–H groups in total. The molecule has 8 rings (SSSR count). The van der Waals surface area contributed by atoms with Gasteiger partial charge in [0.1, 0.15) is 0 Å². The molecule has 1 aromatic heterocycles. The third kappa shape index (κ3) is 3.01. The number of fused-ring (bicyclic) bond motifs is 9. The number of nitrogens with zero attached hydrogens (tertiary/aromatic N) is 1. The normalized spacial score (nSPS) is 15.2. The number of rotatable bonds is 2. The Bertz CT molecular complexity index is 1880. The van der Waals surface area contributed by atoms with Crippen LogP contribution in [0.4, 0.5) is 0 Å². The second-order valence-electron chi connectivity index (χ2n) is 11.6. The second kappa shape index (κ2) is 8.37. The zero-order chi connectivity index (χ0) is 26.9. The molecule has 1 spiro atoms. The van der Waals surface area contributed by atoms with Crippen molar-refractivity contribution >= 4 is 0 Å². The standard InChI is InChI=1S/C39H29N/c1-38(2)33-18-7-8-19-34(33)39(31-16-5-3-14-29(31)30-15-4-6-17-32(30)39)35-22-21-27(25-36(35)38)26-12-11-13-28(24-26)37-20-9-10-23-40-37/h3-25H,1-2H3. The van der Waals surface area contributed by atoms with E-state index in [2.05, 4.69) is 140 Å². The topological polar surface area (TPSA) is 12.9 Å². The van der Waals surface area contributed by atoms with Gasteiger partial charge in [-0.15, -0.1) is 0 Å². The van der Waals surface area contributed by atoms with E-state index in [1.165, 1.54) is 55.6 Å². The Hall–Kier alpha value is -4.75. The van der Waals surface area contributed by atoms with Gasteiger partial charge in [-0.2, -0.15) is 0 Å². The molecule has 190 valence electrons. The maximum absolute atomic E-state index is 4.59. The SMILES string of the molecule is CC1(C)c2ccccc2C2(c3ccccc3-c3ccccc32)c2ccc(-c3cccc(-c4ccccn4)c3)cc21. The Morgan fingerprint density at radius 2 is 1.00 bits per heavy atom. The zero-order valence-corrected chi connectivity index (χ0v) is 22.7. The van der Waals surface area contributed by atoms with E-state index in [1.807, 2.05) is 18.3 Å². The van der Waals surface area contributed by atoms with Gasteiger partial charge < -0.3 is 0 Å². The number of pyridine rings is 1. The van der Waals surface area contributed by atoms with E-state index in [-0.39, 0.29) is 10.8 Å². The smallest absolute Gasteiger partial charge is 0.0719 e. The Morgan fingerprint density at radius 3 is 1.70 bits per heavy atom. The van der Waals surface area contributed by atoms with E-state index in [4.69, 9.17) is 0 Å². The van der Waals surface area contributed by atoms with Crippen LogP contribution in [0, 0.1) is 0 Å². The molecule has 2 aliphatic rings. The first-order valence-corrected chi connectivity index (χ1v) is 14.1. The molecule has 0 bridgehead atoms. The Labute approximate surface area is 235 Å². The number of hydrogen-bond acceptors (Lipinski definition) is 1. The Balaban J connectivity index is 1.42. The van der Waals surface area contributed by atoms with E-state index >= 15 is 0 Å². The van der Waals surface area contributed by atoms with Gasteiger partial charge in [0.25, 0.3) is 0 Å². The largest absolute Gasteiger partial charge is 0.256 e.